The van der Waals surface area contributed by atoms with Gasteiger partial charge in [0.25, 0.3) is 0 Å². The maximum absolute atomic E-state index is 12.5. The van der Waals surface area contributed by atoms with Crippen molar-refractivity contribution in [2.45, 2.75) is 31.7 Å². The number of rotatable bonds is 3. The minimum atomic E-state index is -0.741. The van der Waals surface area contributed by atoms with Crippen LogP contribution < -0.4 is 5.32 Å². The van der Waals surface area contributed by atoms with Crippen molar-refractivity contribution >= 4 is 17.8 Å². The van der Waals surface area contributed by atoms with Crippen molar-refractivity contribution in [3.05, 3.63) is 12.2 Å². The highest BCUT2D eigenvalue weighted by Crippen LogP contribution is 2.23. The summed E-state index contributed by atoms with van der Waals surface area (Å²) >= 11 is 0. The highest BCUT2D eigenvalue weighted by atomic mass is 16.5. The lowest BCUT2D eigenvalue weighted by Crippen LogP contribution is -2.59. The van der Waals surface area contributed by atoms with Gasteiger partial charge in [0.05, 0.1) is 13.5 Å². The number of allylic oxidation sites excluding steroid dienone is 2. The van der Waals surface area contributed by atoms with E-state index in [4.69, 9.17) is 0 Å². The van der Waals surface area contributed by atoms with E-state index >= 15 is 0 Å². The van der Waals surface area contributed by atoms with Gasteiger partial charge in [-0.25, -0.2) is 0 Å². The van der Waals surface area contributed by atoms with Crippen LogP contribution >= 0.6 is 0 Å². The zero-order valence-electron chi connectivity index (χ0n) is 11.6. The number of nitrogens with zero attached hydrogens (tertiary/aromatic N) is 1. The number of piperazine rings is 1. The van der Waals surface area contributed by atoms with E-state index in [9.17, 15) is 14.4 Å². The molecule has 1 heterocycles. The van der Waals surface area contributed by atoms with Crippen LogP contribution in [-0.2, 0) is 19.1 Å². The molecule has 0 saturated carbocycles. The molecule has 110 valence electrons. The average molecular weight is 280 g/mol. The van der Waals surface area contributed by atoms with E-state index in [1.54, 1.807) is 4.90 Å². The molecule has 0 bridgehead atoms. The Morgan fingerprint density at radius 2 is 2.25 bits per heavy atom. The Bertz CT molecular complexity index is 433. The summed E-state index contributed by atoms with van der Waals surface area (Å²) in [7, 11) is 1.28. The van der Waals surface area contributed by atoms with Crippen LogP contribution in [0.25, 0.3) is 0 Å². The van der Waals surface area contributed by atoms with Gasteiger partial charge >= 0.3 is 5.97 Å². The quantitative estimate of drug-likeness (QED) is 0.593. The standard InChI is InChI=1S/C14H20N2O4/c1-20-12(17)9-11-13(18)15-7-8-16(11)14(19)10-5-3-2-4-6-10/h2-3,10-11H,4-9H2,1H3,(H,15,18)/t10-,11+/m0/s1. The van der Waals surface area contributed by atoms with Crippen LogP contribution in [0.1, 0.15) is 25.7 Å². The van der Waals surface area contributed by atoms with Gasteiger partial charge in [-0.15, -0.1) is 0 Å². The molecule has 1 saturated heterocycles. The van der Waals surface area contributed by atoms with Crippen LogP contribution in [0, 0.1) is 5.92 Å². The van der Waals surface area contributed by atoms with Crippen LogP contribution in [-0.4, -0.2) is 48.9 Å². The first-order chi connectivity index (χ1) is 9.63. The fraction of sp³-hybridized carbons (Fsp3) is 0.643. The van der Waals surface area contributed by atoms with Gasteiger partial charge in [0.2, 0.25) is 11.8 Å². The fourth-order valence-corrected chi connectivity index (χ4v) is 2.68. The van der Waals surface area contributed by atoms with Crippen molar-refractivity contribution in [1.82, 2.24) is 10.2 Å². The summed E-state index contributed by atoms with van der Waals surface area (Å²) in [6.45, 7) is 0.886. The van der Waals surface area contributed by atoms with Gasteiger partial charge in [-0.05, 0) is 19.3 Å². The van der Waals surface area contributed by atoms with Crippen LogP contribution in [0.2, 0.25) is 0 Å². The largest absolute Gasteiger partial charge is 0.469 e. The van der Waals surface area contributed by atoms with Crippen molar-refractivity contribution in [3.8, 4) is 0 Å². The van der Waals surface area contributed by atoms with Crippen LogP contribution in [0.3, 0.4) is 0 Å². The molecule has 2 rings (SSSR count). The Balaban J connectivity index is 2.09. The predicted molar refractivity (Wildman–Crippen MR) is 71.6 cm³/mol. The molecule has 20 heavy (non-hydrogen) atoms. The molecule has 1 N–H and O–H groups in total. The van der Waals surface area contributed by atoms with Gasteiger partial charge in [0.1, 0.15) is 6.04 Å². The first-order valence-corrected chi connectivity index (χ1v) is 6.93. The lowest BCUT2D eigenvalue weighted by molar-refractivity contribution is -0.152. The van der Waals surface area contributed by atoms with E-state index in [1.807, 2.05) is 6.08 Å². The van der Waals surface area contributed by atoms with Crippen molar-refractivity contribution in [3.63, 3.8) is 0 Å². The van der Waals surface area contributed by atoms with Crippen molar-refractivity contribution in [2.24, 2.45) is 5.92 Å². The molecule has 2 amide bonds. The number of nitrogens with one attached hydrogen (secondary N) is 1. The molecule has 6 heteroatoms. The van der Waals surface area contributed by atoms with E-state index in [1.165, 1.54) is 7.11 Å². The van der Waals surface area contributed by atoms with E-state index in [0.717, 1.165) is 12.8 Å². The molecule has 1 aliphatic carbocycles. The minimum absolute atomic E-state index is 0.0295. The van der Waals surface area contributed by atoms with E-state index in [-0.39, 0.29) is 24.2 Å². The number of esters is 1. The van der Waals surface area contributed by atoms with Gasteiger partial charge in [-0.1, -0.05) is 12.2 Å². The molecule has 0 radical (unpaired) electrons. The molecular formula is C14H20N2O4. The number of methoxy groups -OCH3 is 1. The van der Waals surface area contributed by atoms with Crippen molar-refractivity contribution in [2.75, 3.05) is 20.2 Å². The summed E-state index contributed by atoms with van der Waals surface area (Å²) < 4.78 is 4.61. The van der Waals surface area contributed by atoms with E-state index < -0.39 is 12.0 Å². The minimum Gasteiger partial charge on any atom is -0.469 e. The maximum atomic E-state index is 12.5. The molecule has 0 unspecified atom stereocenters. The molecule has 0 aromatic rings. The summed E-state index contributed by atoms with van der Waals surface area (Å²) in [5.74, 6) is -0.862. The zero-order valence-corrected chi connectivity index (χ0v) is 11.6. The number of hydrogen-bond acceptors (Lipinski definition) is 4. The third kappa shape index (κ3) is 3.18. The molecular weight excluding hydrogens is 260 g/mol. The first-order valence-electron chi connectivity index (χ1n) is 6.93. The van der Waals surface area contributed by atoms with Crippen LogP contribution in [0.5, 0.6) is 0 Å². The Morgan fingerprint density at radius 1 is 1.45 bits per heavy atom. The number of hydrogen-bond donors (Lipinski definition) is 1. The lowest BCUT2D eigenvalue weighted by atomic mass is 9.92. The predicted octanol–water partition coefficient (Wildman–Crippen LogP) is 0.233. The van der Waals surface area contributed by atoms with Crippen molar-refractivity contribution < 1.29 is 19.1 Å². The van der Waals surface area contributed by atoms with Gasteiger partial charge in [-0.2, -0.15) is 0 Å². The lowest BCUT2D eigenvalue weighted by Gasteiger charge is -2.37. The zero-order chi connectivity index (χ0) is 14.5. The first kappa shape index (κ1) is 14.6. The van der Waals surface area contributed by atoms with Gasteiger partial charge in [0.15, 0.2) is 0 Å². The van der Waals surface area contributed by atoms with Gasteiger partial charge in [0, 0.05) is 19.0 Å². The second-order valence-corrected chi connectivity index (χ2v) is 5.10. The summed E-state index contributed by atoms with van der Waals surface area (Å²) in [4.78, 5) is 37.4. The summed E-state index contributed by atoms with van der Waals surface area (Å²) in [6.07, 6.45) is 6.39. The molecule has 2 atom stereocenters. The Kier molecular flexibility index (Phi) is 4.76. The Morgan fingerprint density at radius 3 is 2.90 bits per heavy atom. The van der Waals surface area contributed by atoms with Crippen LogP contribution in [0.4, 0.5) is 0 Å². The number of carbonyl (C=O) groups is 3. The van der Waals surface area contributed by atoms with E-state index in [2.05, 4.69) is 16.1 Å². The Labute approximate surface area is 118 Å². The van der Waals surface area contributed by atoms with E-state index in [0.29, 0.717) is 19.5 Å². The molecule has 1 fully saturated rings. The molecule has 2 aliphatic rings. The second kappa shape index (κ2) is 6.54. The van der Waals surface area contributed by atoms with Crippen molar-refractivity contribution in [1.29, 1.82) is 0 Å². The highest BCUT2D eigenvalue weighted by molar-refractivity contribution is 5.92. The normalized spacial score (nSPS) is 26.1. The Hall–Kier alpha value is -1.85. The molecule has 0 aromatic heterocycles. The average Bonchev–Trinajstić information content (AvgIpc) is 2.49. The SMILES string of the molecule is COC(=O)C[C@@H]1C(=O)NCCN1C(=O)[C@H]1CC=CCC1. The highest BCUT2D eigenvalue weighted by Gasteiger charge is 2.37. The van der Waals surface area contributed by atoms with Crippen LogP contribution in [0.15, 0.2) is 12.2 Å². The second-order valence-electron chi connectivity index (χ2n) is 5.10. The summed E-state index contributed by atoms with van der Waals surface area (Å²) in [5, 5.41) is 2.69. The van der Waals surface area contributed by atoms with Gasteiger partial charge in [-0.3, -0.25) is 14.4 Å². The maximum Gasteiger partial charge on any atom is 0.308 e. The molecule has 0 aromatic carbocycles. The molecule has 1 aliphatic heterocycles. The number of carbonyl (C=O) groups excluding carboxylic acids is 3. The number of amides is 2. The topological polar surface area (TPSA) is 75.7 Å². The summed E-state index contributed by atoms with van der Waals surface area (Å²) in [5.41, 5.74) is 0. The molecule has 0 spiro atoms. The third-order valence-electron chi connectivity index (χ3n) is 3.82. The monoisotopic (exact) mass is 280 g/mol. The number of ether oxygens (including phenoxy) is 1. The van der Waals surface area contributed by atoms with Gasteiger partial charge < -0.3 is 15.0 Å². The summed E-state index contributed by atoms with van der Waals surface area (Å²) in [6, 6.07) is -0.741. The molecule has 6 nitrogen and oxygen atoms in total. The third-order valence-corrected chi connectivity index (χ3v) is 3.82. The smallest absolute Gasteiger partial charge is 0.308 e. The fourth-order valence-electron chi connectivity index (χ4n) is 2.68.